The quantitative estimate of drug-likeness (QED) is 0.866. The van der Waals surface area contributed by atoms with Crippen molar-refractivity contribution in [2.45, 2.75) is 45.2 Å². The van der Waals surface area contributed by atoms with Crippen molar-refractivity contribution in [2.75, 3.05) is 6.61 Å². The molecule has 3 heteroatoms. The summed E-state index contributed by atoms with van der Waals surface area (Å²) in [4.78, 5) is 0. The molecule has 0 aromatic heterocycles. The van der Waals surface area contributed by atoms with E-state index in [0.29, 0.717) is 12.6 Å². The third-order valence-corrected chi connectivity index (χ3v) is 3.35. The van der Waals surface area contributed by atoms with E-state index < -0.39 is 5.54 Å². The highest BCUT2D eigenvalue weighted by Crippen LogP contribution is 2.23. The van der Waals surface area contributed by atoms with E-state index in [1.165, 1.54) is 24.0 Å². The number of hydrogen-bond donors (Lipinski definition) is 1. The maximum atomic E-state index is 9.25. The van der Waals surface area contributed by atoms with Crippen LogP contribution in [0.1, 0.15) is 30.9 Å². The molecule has 1 unspecified atom stereocenters. The van der Waals surface area contributed by atoms with Crippen molar-refractivity contribution < 1.29 is 4.74 Å². The minimum Gasteiger partial charge on any atom is -0.491 e. The summed E-state index contributed by atoms with van der Waals surface area (Å²) < 4.78 is 5.74. The Labute approximate surface area is 109 Å². The van der Waals surface area contributed by atoms with Gasteiger partial charge >= 0.3 is 0 Å². The number of rotatable bonds is 5. The fraction of sp³-hybridized carbons (Fsp3) is 0.533. The molecule has 0 saturated heterocycles. The summed E-state index contributed by atoms with van der Waals surface area (Å²) in [5.74, 6) is 0.831. The predicted octanol–water partition coefficient (Wildman–Crippen LogP) is 2.72. The van der Waals surface area contributed by atoms with E-state index in [1.54, 1.807) is 0 Å². The minimum atomic E-state index is -0.597. The van der Waals surface area contributed by atoms with Gasteiger partial charge in [0.15, 0.2) is 0 Å². The van der Waals surface area contributed by atoms with Gasteiger partial charge in [0.25, 0.3) is 0 Å². The fourth-order valence-corrected chi connectivity index (χ4v) is 1.82. The van der Waals surface area contributed by atoms with Gasteiger partial charge in [0, 0.05) is 6.04 Å². The number of benzene rings is 1. The number of nitrogens with zero attached hydrogens (tertiary/aromatic N) is 1. The van der Waals surface area contributed by atoms with Crippen molar-refractivity contribution in [1.82, 2.24) is 5.32 Å². The summed E-state index contributed by atoms with van der Waals surface area (Å²) >= 11 is 0. The van der Waals surface area contributed by atoms with Gasteiger partial charge in [-0.1, -0.05) is 6.07 Å². The Morgan fingerprint density at radius 1 is 1.39 bits per heavy atom. The average molecular weight is 244 g/mol. The Hall–Kier alpha value is -1.53. The topological polar surface area (TPSA) is 45.0 Å². The number of hydrogen-bond acceptors (Lipinski definition) is 3. The fourth-order valence-electron chi connectivity index (χ4n) is 1.82. The van der Waals surface area contributed by atoms with Gasteiger partial charge in [-0.05, 0) is 56.9 Å². The highest BCUT2D eigenvalue weighted by molar-refractivity contribution is 5.34. The summed E-state index contributed by atoms with van der Waals surface area (Å²) in [6, 6.07) is 8.83. The molecule has 3 nitrogen and oxygen atoms in total. The molecule has 1 aromatic rings. The van der Waals surface area contributed by atoms with E-state index in [9.17, 15) is 5.26 Å². The van der Waals surface area contributed by atoms with Crippen molar-refractivity contribution in [3.8, 4) is 11.8 Å². The van der Waals surface area contributed by atoms with Crippen LogP contribution in [-0.4, -0.2) is 18.2 Å². The highest BCUT2D eigenvalue weighted by Gasteiger charge is 2.33. The summed E-state index contributed by atoms with van der Waals surface area (Å²) in [6.45, 7) is 6.41. The van der Waals surface area contributed by atoms with E-state index in [4.69, 9.17) is 4.74 Å². The van der Waals surface area contributed by atoms with Gasteiger partial charge in [0.05, 0.1) is 6.07 Å². The maximum absolute atomic E-state index is 9.25. The number of aryl methyl sites for hydroxylation is 2. The zero-order valence-corrected chi connectivity index (χ0v) is 11.3. The molecule has 2 rings (SSSR count). The first kappa shape index (κ1) is 12.9. The molecule has 18 heavy (non-hydrogen) atoms. The predicted molar refractivity (Wildman–Crippen MR) is 71.6 cm³/mol. The molecule has 0 aliphatic heterocycles. The van der Waals surface area contributed by atoms with Crippen LogP contribution in [0.15, 0.2) is 18.2 Å². The second kappa shape index (κ2) is 4.99. The van der Waals surface area contributed by atoms with Crippen LogP contribution in [-0.2, 0) is 0 Å². The lowest BCUT2D eigenvalue weighted by Gasteiger charge is -2.23. The van der Waals surface area contributed by atoms with Crippen LogP contribution in [0, 0.1) is 25.2 Å². The molecular weight excluding hydrogens is 224 g/mol. The molecule has 96 valence electrons. The Bertz CT molecular complexity index is 474. The lowest BCUT2D eigenvalue weighted by molar-refractivity contribution is 0.232. The van der Waals surface area contributed by atoms with Crippen LogP contribution in [0.5, 0.6) is 5.75 Å². The van der Waals surface area contributed by atoms with Crippen LogP contribution < -0.4 is 10.1 Å². The molecule has 0 bridgehead atoms. The molecule has 0 radical (unpaired) electrons. The van der Waals surface area contributed by atoms with Gasteiger partial charge in [-0.25, -0.2) is 0 Å². The Morgan fingerprint density at radius 3 is 2.67 bits per heavy atom. The zero-order chi connectivity index (χ0) is 13.2. The lowest BCUT2D eigenvalue weighted by Crippen LogP contribution is -2.47. The number of nitriles is 1. The van der Waals surface area contributed by atoms with E-state index in [0.717, 1.165) is 5.75 Å². The maximum Gasteiger partial charge on any atom is 0.138 e. The average Bonchev–Trinajstić information content (AvgIpc) is 3.15. The largest absolute Gasteiger partial charge is 0.491 e. The zero-order valence-electron chi connectivity index (χ0n) is 11.3. The molecule has 1 atom stereocenters. The van der Waals surface area contributed by atoms with Gasteiger partial charge in [-0.2, -0.15) is 5.26 Å². The molecule has 1 aliphatic rings. The molecule has 0 amide bonds. The Morgan fingerprint density at radius 2 is 2.11 bits per heavy atom. The van der Waals surface area contributed by atoms with Crippen LogP contribution >= 0.6 is 0 Å². The van der Waals surface area contributed by atoms with Gasteiger partial charge in [-0.3, -0.25) is 5.32 Å². The van der Waals surface area contributed by atoms with Crippen molar-refractivity contribution in [3.05, 3.63) is 29.3 Å². The summed E-state index contributed by atoms with van der Waals surface area (Å²) in [5, 5.41) is 12.6. The van der Waals surface area contributed by atoms with E-state index in [2.05, 4.69) is 25.2 Å². The Kier molecular flexibility index (Phi) is 3.58. The lowest BCUT2D eigenvalue weighted by atomic mass is 10.1. The second-order valence-corrected chi connectivity index (χ2v) is 5.40. The van der Waals surface area contributed by atoms with E-state index >= 15 is 0 Å². The smallest absolute Gasteiger partial charge is 0.138 e. The normalized spacial score (nSPS) is 17.9. The van der Waals surface area contributed by atoms with Gasteiger partial charge < -0.3 is 4.74 Å². The van der Waals surface area contributed by atoms with E-state index in [-0.39, 0.29) is 0 Å². The first-order valence-electron chi connectivity index (χ1n) is 6.41. The summed E-state index contributed by atoms with van der Waals surface area (Å²) in [6.07, 6.45) is 2.34. The van der Waals surface area contributed by atoms with Crippen molar-refractivity contribution in [3.63, 3.8) is 0 Å². The number of ether oxygens (including phenoxy) is 1. The first-order chi connectivity index (χ1) is 8.52. The third-order valence-electron chi connectivity index (χ3n) is 3.35. The van der Waals surface area contributed by atoms with Crippen LogP contribution in [0.3, 0.4) is 0 Å². The van der Waals surface area contributed by atoms with Gasteiger partial charge in [0.1, 0.15) is 17.9 Å². The molecule has 1 N–H and O–H groups in total. The standard InChI is InChI=1S/C15H20N2O/c1-11-4-7-14(8-12(11)2)18-10-15(3,9-16)17-13-5-6-13/h4,7-8,13,17H,5-6,10H2,1-3H3. The van der Waals surface area contributed by atoms with Crippen molar-refractivity contribution >= 4 is 0 Å². The van der Waals surface area contributed by atoms with Crippen LogP contribution in [0.4, 0.5) is 0 Å². The van der Waals surface area contributed by atoms with Gasteiger partial charge in [0.2, 0.25) is 0 Å². The van der Waals surface area contributed by atoms with Gasteiger partial charge in [-0.15, -0.1) is 0 Å². The molecule has 0 heterocycles. The molecule has 1 fully saturated rings. The Balaban J connectivity index is 1.96. The molecule has 0 spiro atoms. The number of nitrogens with one attached hydrogen (secondary N) is 1. The summed E-state index contributed by atoms with van der Waals surface area (Å²) in [7, 11) is 0. The summed E-state index contributed by atoms with van der Waals surface area (Å²) in [5.41, 5.74) is 1.86. The first-order valence-corrected chi connectivity index (χ1v) is 6.41. The third kappa shape index (κ3) is 3.24. The van der Waals surface area contributed by atoms with Crippen LogP contribution in [0.2, 0.25) is 0 Å². The second-order valence-electron chi connectivity index (χ2n) is 5.40. The monoisotopic (exact) mass is 244 g/mol. The highest BCUT2D eigenvalue weighted by atomic mass is 16.5. The van der Waals surface area contributed by atoms with Crippen molar-refractivity contribution in [2.24, 2.45) is 0 Å². The van der Waals surface area contributed by atoms with Crippen molar-refractivity contribution in [1.29, 1.82) is 5.26 Å². The molecule has 1 saturated carbocycles. The van der Waals surface area contributed by atoms with Crippen LogP contribution in [0.25, 0.3) is 0 Å². The van der Waals surface area contributed by atoms with E-state index in [1.807, 2.05) is 25.1 Å². The molecular formula is C15H20N2O. The molecule has 1 aliphatic carbocycles. The SMILES string of the molecule is Cc1ccc(OCC(C)(C#N)NC2CC2)cc1C. The minimum absolute atomic E-state index is 0.377. The molecule has 1 aromatic carbocycles.